The third-order valence-electron chi connectivity index (χ3n) is 3.35. The zero-order valence-electron chi connectivity index (χ0n) is 9.67. The second-order valence-electron chi connectivity index (χ2n) is 4.70. The van der Waals surface area contributed by atoms with Gasteiger partial charge in [0.05, 0.1) is 11.0 Å². The Hall–Kier alpha value is -1.42. The first-order valence-corrected chi connectivity index (χ1v) is 6.19. The Morgan fingerprint density at radius 1 is 1.35 bits per heavy atom. The van der Waals surface area contributed by atoms with E-state index in [-0.39, 0.29) is 5.82 Å². The molecule has 3 rings (SSSR count). The Labute approximate surface area is 99.4 Å². The molecule has 1 aliphatic rings. The summed E-state index contributed by atoms with van der Waals surface area (Å²) in [6.45, 7) is 1.10. The van der Waals surface area contributed by atoms with Crippen molar-refractivity contribution in [3.05, 3.63) is 29.8 Å². The number of hydrogen-bond donors (Lipinski definition) is 2. The fraction of sp³-hybridized carbons (Fsp3) is 0.462. The Balaban J connectivity index is 1.80. The number of hydrogen-bond acceptors (Lipinski definition) is 2. The van der Waals surface area contributed by atoms with Crippen molar-refractivity contribution in [1.82, 2.24) is 15.3 Å². The number of aromatic nitrogens is 2. The lowest BCUT2D eigenvalue weighted by Gasteiger charge is -2.22. The van der Waals surface area contributed by atoms with Gasteiger partial charge >= 0.3 is 0 Å². The molecule has 0 bridgehead atoms. The fourth-order valence-corrected chi connectivity index (χ4v) is 2.46. The van der Waals surface area contributed by atoms with Crippen LogP contribution in [0.2, 0.25) is 0 Å². The number of imidazole rings is 1. The van der Waals surface area contributed by atoms with Crippen LogP contribution in [0.1, 0.15) is 25.1 Å². The second kappa shape index (κ2) is 4.45. The molecule has 0 radical (unpaired) electrons. The van der Waals surface area contributed by atoms with Crippen LogP contribution in [0.15, 0.2) is 18.2 Å². The summed E-state index contributed by atoms with van der Waals surface area (Å²) in [5, 5.41) is 3.49. The van der Waals surface area contributed by atoms with Crippen molar-refractivity contribution >= 4 is 11.0 Å². The quantitative estimate of drug-likeness (QED) is 0.836. The minimum atomic E-state index is -0.219. The molecule has 1 saturated heterocycles. The fourth-order valence-electron chi connectivity index (χ4n) is 2.46. The first-order chi connectivity index (χ1) is 8.31. The van der Waals surface area contributed by atoms with Crippen LogP contribution in [0.25, 0.3) is 11.0 Å². The molecule has 0 amide bonds. The van der Waals surface area contributed by atoms with Gasteiger partial charge in [0.1, 0.15) is 11.6 Å². The van der Waals surface area contributed by atoms with Crippen molar-refractivity contribution in [1.29, 1.82) is 0 Å². The molecule has 0 spiro atoms. The van der Waals surface area contributed by atoms with Gasteiger partial charge in [-0.3, -0.25) is 0 Å². The molecule has 4 heteroatoms. The normalized spacial score (nSPS) is 20.9. The Morgan fingerprint density at radius 2 is 2.29 bits per heavy atom. The molecule has 0 saturated carbocycles. The number of nitrogens with one attached hydrogen (secondary N) is 2. The molecular formula is C13H16FN3. The van der Waals surface area contributed by atoms with Crippen molar-refractivity contribution in [3.8, 4) is 0 Å². The van der Waals surface area contributed by atoms with Crippen molar-refractivity contribution in [3.63, 3.8) is 0 Å². The molecule has 2 aromatic rings. The van der Waals surface area contributed by atoms with Gasteiger partial charge in [0, 0.05) is 12.5 Å². The smallest absolute Gasteiger partial charge is 0.125 e. The van der Waals surface area contributed by atoms with Crippen molar-refractivity contribution in [2.45, 2.75) is 31.7 Å². The van der Waals surface area contributed by atoms with E-state index in [1.165, 1.54) is 31.4 Å². The number of piperidine rings is 1. The number of aromatic amines is 1. The number of fused-ring (bicyclic) bond motifs is 1. The predicted molar refractivity (Wildman–Crippen MR) is 65.4 cm³/mol. The number of H-pyrrole nitrogens is 1. The van der Waals surface area contributed by atoms with Gasteiger partial charge in [-0.1, -0.05) is 6.42 Å². The molecule has 2 heterocycles. The lowest BCUT2D eigenvalue weighted by atomic mass is 10.0. The average Bonchev–Trinajstić information content (AvgIpc) is 2.71. The van der Waals surface area contributed by atoms with E-state index in [4.69, 9.17) is 0 Å². The summed E-state index contributed by atoms with van der Waals surface area (Å²) in [6, 6.07) is 5.18. The summed E-state index contributed by atoms with van der Waals surface area (Å²) in [5.41, 5.74) is 1.63. The molecular weight excluding hydrogens is 217 g/mol. The zero-order valence-corrected chi connectivity index (χ0v) is 9.67. The molecule has 0 aliphatic carbocycles. The Morgan fingerprint density at radius 3 is 3.12 bits per heavy atom. The first-order valence-electron chi connectivity index (χ1n) is 6.19. The van der Waals surface area contributed by atoms with Gasteiger partial charge in [0.2, 0.25) is 0 Å². The largest absolute Gasteiger partial charge is 0.342 e. The highest BCUT2D eigenvalue weighted by Crippen LogP contribution is 2.16. The predicted octanol–water partition coefficient (Wildman–Crippen LogP) is 2.39. The van der Waals surface area contributed by atoms with Gasteiger partial charge in [-0.25, -0.2) is 9.37 Å². The molecule has 1 aromatic heterocycles. The highest BCUT2D eigenvalue weighted by atomic mass is 19.1. The van der Waals surface area contributed by atoms with E-state index in [2.05, 4.69) is 15.3 Å². The maximum absolute atomic E-state index is 13.0. The topological polar surface area (TPSA) is 40.7 Å². The van der Waals surface area contributed by atoms with Gasteiger partial charge in [0.15, 0.2) is 0 Å². The van der Waals surface area contributed by atoms with E-state index in [9.17, 15) is 4.39 Å². The van der Waals surface area contributed by atoms with Gasteiger partial charge in [-0.15, -0.1) is 0 Å². The summed E-state index contributed by atoms with van der Waals surface area (Å²) < 4.78 is 13.0. The highest BCUT2D eigenvalue weighted by Gasteiger charge is 2.15. The van der Waals surface area contributed by atoms with Crippen molar-refractivity contribution in [2.75, 3.05) is 6.54 Å². The molecule has 2 N–H and O–H groups in total. The van der Waals surface area contributed by atoms with Gasteiger partial charge in [0.25, 0.3) is 0 Å². The summed E-state index contributed by atoms with van der Waals surface area (Å²) in [7, 11) is 0. The molecule has 90 valence electrons. The minimum absolute atomic E-state index is 0.219. The molecule has 17 heavy (non-hydrogen) atoms. The van der Waals surface area contributed by atoms with Crippen LogP contribution >= 0.6 is 0 Å². The van der Waals surface area contributed by atoms with Gasteiger partial charge < -0.3 is 10.3 Å². The average molecular weight is 233 g/mol. The maximum atomic E-state index is 13.0. The standard InChI is InChI=1S/C13H16FN3/c14-9-4-5-11-12(7-9)17-13(16-11)8-10-3-1-2-6-15-10/h4-5,7,10,15H,1-3,6,8H2,(H,16,17). The van der Waals surface area contributed by atoms with E-state index < -0.39 is 0 Å². The Bertz CT molecular complexity index is 514. The van der Waals surface area contributed by atoms with Crippen molar-refractivity contribution < 1.29 is 4.39 Å². The molecule has 1 fully saturated rings. The lowest BCUT2D eigenvalue weighted by molar-refractivity contribution is 0.395. The SMILES string of the molecule is Fc1ccc2nc(CC3CCCCN3)[nH]c2c1. The number of nitrogens with zero attached hydrogens (tertiary/aromatic N) is 1. The third kappa shape index (κ3) is 2.31. The van der Waals surface area contributed by atoms with E-state index in [0.29, 0.717) is 6.04 Å². The minimum Gasteiger partial charge on any atom is -0.342 e. The van der Waals surface area contributed by atoms with E-state index in [1.54, 1.807) is 6.07 Å². The summed E-state index contributed by atoms with van der Waals surface area (Å²) in [5.74, 6) is 0.730. The van der Waals surface area contributed by atoms with Crippen LogP contribution in [0.4, 0.5) is 4.39 Å². The van der Waals surface area contributed by atoms with Crippen LogP contribution in [-0.2, 0) is 6.42 Å². The second-order valence-corrected chi connectivity index (χ2v) is 4.70. The summed E-state index contributed by atoms with van der Waals surface area (Å²) in [4.78, 5) is 7.68. The van der Waals surface area contributed by atoms with Crippen molar-refractivity contribution in [2.24, 2.45) is 0 Å². The molecule has 1 atom stereocenters. The van der Waals surface area contributed by atoms with Crippen LogP contribution in [0.5, 0.6) is 0 Å². The number of rotatable bonds is 2. The van der Waals surface area contributed by atoms with E-state index >= 15 is 0 Å². The van der Waals surface area contributed by atoms with Crippen LogP contribution in [-0.4, -0.2) is 22.6 Å². The molecule has 1 aromatic carbocycles. The Kier molecular flexibility index (Phi) is 2.81. The zero-order chi connectivity index (χ0) is 11.7. The highest BCUT2D eigenvalue weighted by molar-refractivity contribution is 5.74. The van der Waals surface area contributed by atoms with Crippen LogP contribution < -0.4 is 5.32 Å². The van der Waals surface area contributed by atoms with E-state index in [0.717, 1.165) is 29.8 Å². The molecule has 3 nitrogen and oxygen atoms in total. The van der Waals surface area contributed by atoms with Crippen LogP contribution in [0.3, 0.4) is 0 Å². The number of benzene rings is 1. The first kappa shape index (κ1) is 10.7. The van der Waals surface area contributed by atoms with Crippen LogP contribution in [0, 0.1) is 5.82 Å². The molecule has 1 aliphatic heterocycles. The molecule has 1 unspecified atom stereocenters. The number of halogens is 1. The summed E-state index contributed by atoms with van der Waals surface area (Å²) in [6.07, 6.45) is 4.65. The lowest BCUT2D eigenvalue weighted by Crippen LogP contribution is -2.35. The third-order valence-corrected chi connectivity index (χ3v) is 3.35. The monoisotopic (exact) mass is 233 g/mol. The van der Waals surface area contributed by atoms with Gasteiger partial charge in [-0.05, 0) is 37.6 Å². The summed E-state index contributed by atoms with van der Waals surface area (Å²) >= 11 is 0. The van der Waals surface area contributed by atoms with Gasteiger partial charge in [-0.2, -0.15) is 0 Å². The van der Waals surface area contributed by atoms with E-state index in [1.807, 2.05) is 0 Å². The maximum Gasteiger partial charge on any atom is 0.125 e.